The van der Waals surface area contributed by atoms with Crippen molar-refractivity contribution in [2.75, 3.05) is 0 Å². The van der Waals surface area contributed by atoms with E-state index in [2.05, 4.69) is 22.2 Å². The number of hydrogen-bond acceptors (Lipinski definition) is 4. The van der Waals surface area contributed by atoms with Gasteiger partial charge >= 0.3 is 0 Å². The molecular weight excluding hydrogens is 344 g/mol. The van der Waals surface area contributed by atoms with Crippen LogP contribution in [0, 0.1) is 4.77 Å². The highest BCUT2D eigenvalue weighted by Crippen LogP contribution is 2.14. The Hall–Kier alpha value is -2.73. The Balaban J connectivity index is 1.77. The third-order valence-electron chi connectivity index (χ3n) is 3.98. The second kappa shape index (κ2) is 9.10. The molecule has 0 saturated carbocycles. The summed E-state index contributed by atoms with van der Waals surface area (Å²) in [5.41, 5.74) is 2.05. The van der Waals surface area contributed by atoms with Gasteiger partial charge < -0.3 is 4.74 Å². The number of H-pyrrole nitrogens is 1. The van der Waals surface area contributed by atoms with Crippen LogP contribution in [0.25, 0.3) is 0 Å². The SMILES string of the molecule is CCCCc1n[nH]c(=S)n1/N=C\c1ccccc1COc1ccccc1. The Kier molecular flexibility index (Phi) is 6.33. The van der Waals surface area contributed by atoms with E-state index in [-0.39, 0.29) is 0 Å². The van der Waals surface area contributed by atoms with E-state index in [4.69, 9.17) is 17.0 Å². The summed E-state index contributed by atoms with van der Waals surface area (Å²) in [6.07, 6.45) is 4.81. The summed E-state index contributed by atoms with van der Waals surface area (Å²) in [6.45, 7) is 2.63. The van der Waals surface area contributed by atoms with Gasteiger partial charge in [-0.2, -0.15) is 14.9 Å². The number of aromatic amines is 1. The molecule has 0 atom stereocenters. The van der Waals surface area contributed by atoms with E-state index in [9.17, 15) is 0 Å². The molecule has 3 rings (SSSR count). The Morgan fingerprint density at radius 1 is 1.15 bits per heavy atom. The monoisotopic (exact) mass is 366 g/mol. The van der Waals surface area contributed by atoms with Crippen molar-refractivity contribution in [3.63, 3.8) is 0 Å². The van der Waals surface area contributed by atoms with Gasteiger partial charge in [0.1, 0.15) is 12.4 Å². The molecule has 3 aromatic rings. The fraction of sp³-hybridized carbons (Fsp3) is 0.250. The molecule has 1 N–H and O–H groups in total. The van der Waals surface area contributed by atoms with Gasteiger partial charge in [-0.05, 0) is 36.3 Å². The highest BCUT2D eigenvalue weighted by molar-refractivity contribution is 7.71. The van der Waals surface area contributed by atoms with Crippen molar-refractivity contribution < 1.29 is 4.74 Å². The van der Waals surface area contributed by atoms with Crippen LogP contribution in [0.15, 0.2) is 59.7 Å². The molecule has 0 aliphatic heterocycles. The second-order valence-electron chi connectivity index (χ2n) is 5.91. The molecule has 134 valence electrons. The smallest absolute Gasteiger partial charge is 0.216 e. The standard InChI is InChI=1S/C20H22N4OS/c1-2-3-13-19-22-23-20(26)24(19)21-14-16-9-7-8-10-17(16)15-25-18-11-5-4-6-12-18/h4-12,14H,2-3,13,15H2,1H3,(H,23,26)/b21-14-. The molecule has 26 heavy (non-hydrogen) atoms. The first-order valence-corrected chi connectivity index (χ1v) is 9.15. The molecular formula is C20H22N4OS. The Labute approximate surface area is 158 Å². The van der Waals surface area contributed by atoms with Crippen molar-refractivity contribution in [2.24, 2.45) is 5.10 Å². The highest BCUT2D eigenvalue weighted by atomic mass is 32.1. The normalized spacial score (nSPS) is 11.1. The predicted molar refractivity (Wildman–Crippen MR) is 106 cm³/mol. The van der Waals surface area contributed by atoms with Crippen molar-refractivity contribution in [3.05, 3.63) is 76.3 Å². The number of benzene rings is 2. The van der Waals surface area contributed by atoms with E-state index in [1.54, 1.807) is 4.68 Å². The molecule has 0 aliphatic rings. The van der Waals surface area contributed by atoms with Gasteiger partial charge in [0, 0.05) is 12.0 Å². The lowest BCUT2D eigenvalue weighted by Crippen LogP contribution is -2.02. The Bertz CT molecular complexity index is 915. The van der Waals surface area contributed by atoms with Gasteiger partial charge in [-0.3, -0.25) is 5.10 Å². The van der Waals surface area contributed by atoms with Crippen LogP contribution >= 0.6 is 12.2 Å². The molecule has 1 aromatic heterocycles. The van der Waals surface area contributed by atoms with Gasteiger partial charge in [0.2, 0.25) is 4.77 Å². The molecule has 2 aromatic carbocycles. The minimum Gasteiger partial charge on any atom is -0.489 e. The van der Waals surface area contributed by atoms with Crippen LogP contribution < -0.4 is 4.74 Å². The van der Waals surface area contributed by atoms with E-state index in [0.29, 0.717) is 11.4 Å². The fourth-order valence-electron chi connectivity index (χ4n) is 2.53. The van der Waals surface area contributed by atoms with Crippen molar-refractivity contribution >= 4 is 18.4 Å². The minimum atomic E-state index is 0.478. The highest BCUT2D eigenvalue weighted by Gasteiger charge is 2.05. The predicted octanol–water partition coefficient (Wildman–Crippen LogP) is 4.74. The molecule has 0 aliphatic carbocycles. The van der Waals surface area contributed by atoms with Crippen LogP contribution in [-0.4, -0.2) is 21.1 Å². The van der Waals surface area contributed by atoms with E-state index in [0.717, 1.165) is 42.0 Å². The maximum atomic E-state index is 5.86. The van der Waals surface area contributed by atoms with Gasteiger partial charge in [-0.1, -0.05) is 55.8 Å². The molecule has 5 nitrogen and oxygen atoms in total. The Morgan fingerprint density at radius 2 is 1.92 bits per heavy atom. The number of unbranched alkanes of at least 4 members (excludes halogenated alkanes) is 1. The van der Waals surface area contributed by atoms with Crippen molar-refractivity contribution in [1.82, 2.24) is 14.9 Å². The number of para-hydroxylation sites is 1. The average Bonchev–Trinajstić information content (AvgIpc) is 3.04. The first-order chi connectivity index (χ1) is 12.8. The maximum Gasteiger partial charge on any atom is 0.216 e. The van der Waals surface area contributed by atoms with Gasteiger partial charge in [-0.15, -0.1) is 0 Å². The van der Waals surface area contributed by atoms with E-state index in [1.165, 1.54) is 0 Å². The zero-order chi connectivity index (χ0) is 18.2. The number of hydrogen-bond donors (Lipinski definition) is 1. The lowest BCUT2D eigenvalue weighted by atomic mass is 10.1. The van der Waals surface area contributed by atoms with Crippen LogP contribution in [0.2, 0.25) is 0 Å². The first kappa shape index (κ1) is 18.1. The molecule has 6 heteroatoms. The molecule has 0 amide bonds. The average molecular weight is 366 g/mol. The summed E-state index contributed by atoms with van der Waals surface area (Å²) in [7, 11) is 0. The second-order valence-corrected chi connectivity index (χ2v) is 6.29. The van der Waals surface area contributed by atoms with Gasteiger partial charge in [0.05, 0.1) is 6.21 Å². The van der Waals surface area contributed by atoms with Crippen LogP contribution in [0.3, 0.4) is 0 Å². The lowest BCUT2D eigenvalue weighted by Gasteiger charge is -2.08. The third kappa shape index (κ3) is 4.67. The van der Waals surface area contributed by atoms with E-state index >= 15 is 0 Å². The molecule has 0 bridgehead atoms. The molecule has 0 fully saturated rings. The lowest BCUT2D eigenvalue weighted by molar-refractivity contribution is 0.306. The van der Waals surface area contributed by atoms with Gasteiger partial charge in [-0.25, -0.2) is 0 Å². The summed E-state index contributed by atoms with van der Waals surface area (Å²) >= 11 is 5.29. The summed E-state index contributed by atoms with van der Waals surface area (Å²) < 4.78 is 8.06. The van der Waals surface area contributed by atoms with Crippen molar-refractivity contribution in [3.8, 4) is 5.75 Å². The number of ether oxygens (including phenoxy) is 1. The molecule has 0 spiro atoms. The fourth-order valence-corrected chi connectivity index (χ4v) is 2.73. The Morgan fingerprint density at radius 3 is 2.73 bits per heavy atom. The van der Waals surface area contributed by atoms with Crippen molar-refractivity contribution in [2.45, 2.75) is 32.8 Å². The first-order valence-electron chi connectivity index (χ1n) is 8.74. The summed E-state index contributed by atoms with van der Waals surface area (Å²) in [6, 6.07) is 17.8. The van der Waals surface area contributed by atoms with Crippen LogP contribution in [-0.2, 0) is 13.0 Å². The van der Waals surface area contributed by atoms with E-state index in [1.807, 2.05) is 60.8 Å². The molecule has 0 saturated heterocycles. The zero-order valence-electron chi connectivity index (χ0n) is 14.8. The van der Waals surface area contributed by atoms with Crippen LogP contribution in [0.1, 0.15) is 36.7 Å². The van der Waals surface area contributed by atoms with E-state index < -0.39 is 0 Å². The third-order valence-corrected chi connectivity index (χ3v) is 4.24. The van der Waals surface area contributed by atoms with Gasteiger partial charge in [0.15, 0.2) is 5.82 Å². The number of rotatable bonds is 8. The molecule has 0 unspecified atom stereocenters. The minimum absolute atomic E-state index is 0.478. The largest absolute Gasteiger partial charge is 0.489 e. The number of nitrogens with zero attached hydrogens (tertiary/aromatic N) is 3. The number of nitrogens with one attached hydrogen (secondary N) is 1. The summed E-state index contributed by atoms with van der Waals surface area (Å²) in [5.74, 6) is 1.70. The van der Waals surface area contributed by atoms with Crippen molar-refractivity contribution in [1.29, 1.82) is 0 Å². The van der Waals surface area contributed by atoms with Gasteiger partial charge in [0.25, 0.3) is 0 Å². The summed E-state index contributed by atoms with van der Waals surface area (Å²) in [5, 5.41) is 11.6. The number of aryl methyl sites for hydroxylation is 1. The quantitative estimate of drug-likeness (QED) is 0.462. The number of aromatic nitrogens is 3. The van der Waals surface area contributed by atoms with Crippen LogP contribution in [0.5, 0.6) is 5.75 Å². The van der Waals surface area contributed by atoms with Crippen LogP contribution in [0.4, 0.5) is 0 Å². The zero-order valence-corrected chi connectivity index (χ0v) is 15.6. The topological polar surface area (TPSA) is 55.2 Å². The molecule has 0 radical (unpaired) electrons. The maximum absolute atomic E-state index is 5.86. The molecule has 1 heterocycles. The summed E-state index contributed by atoms with van der Waals surface area (Å²) in [4.78, 5) is 0.